The lowest BCUT2D eigenvalue weighted by molar-refractivity contribution is 0.320. The van der Waals surface area contributed by atoms with E-state index in [1.807, 2.05) is 11.6 Å². The van der Waals surface area contributed by atoms with Gasteiger partial charge in [0.25, 0.3) is 0 Å². The molecule has 0 radical (unpaired) electrons. The zero-order valence-electron chi connectivity index (χ0n) is 14.6. The molecule has 2 aromatic heterocycles. The first kappa shape index (κ1) is 16.2. The van der Waals surface area contributed by atoms with Gasteiger partial charge in [-0.25, -0.2) is 4.98 Å². The molecule has 3 heterocycles. The molecule has 0 bridgehead atoms. The van der Waals surface area contributed by atoms with E-state index in [1.54, 1.807) is 18.1 Å². The number of imidazole rings is 1. The molecule has 3 aromatic rings. The maximum Gasteiger partial charge on any atom is 0.191 e. The molecule has 0 aliphatic carbocycles. The third-order valence-corrected chi connectivity index (χ3v) is 5.77. The van der Waals surface area contributed by atoms with E-state index in [2.05, 4.69) is 51.8 Å². The van der Waals surface area contributed by atoms with Gasteiger partial charge in [0.2, 0.25) is 0 Å². The van der Waals surface area contributed by atoms with E-state index >= 15 is 0 Å². The van der Waals surface area contributed by atoms with Crippen molar-refractivity contribution in [1.82, 2.24) is 29.6 Å². The Labute approximate surface area is 151 Å². The maximum atomic E-state index is 4.82. The first-order valence-electron chi connectivity index (χ1n) is 8.49. The summed E-state index contributed by atoms with van der Waals surface area (Å²) in [6.45, 7) is 7.45. The van der Waals surface area contributed by atoms with Crippen molar-refractivity contribution in [2.45, 2.75) is 31.0 Å². The molecule has 130 valence electrons. The first-order valence-corrected chi connectivity index (χ1v) is 9.48. The second kappa shape index (κ2) is 6.55. The van der Waals surface area contributed by atoms with Gasteiger partial charge in [-0.1, -0.05) is 24.4 Å². The van der Waals surface area contributed by atoms with Gasteiger partial charge in [-0.3, -0.25) is 0 Å². The van der Waals surface area contributed by atoms with Crippen LogP contribution in [-0.4, -0.2) is 41.9 Å². The van der Waals surface area contributed by atoms with Crippen molar-refractivity contribution in [1.29, 1.82) is 0 Å². The number of nitrogens with one attached hydrogen (secondary N) is 1. The van der Waals surface area contributed by atoms with Gasteiger partial charge in [0.1, 0.15) is 12.2 Å². The largest absolute Gasteiger partial charge is 0.364 e. The van der Waals surface area contributed by atoms with Gasteiger partial charge in [0, 0.05) is 25.0 Å². The molecule has 25 heavy (non-hydrogen) atoms. The van der Waals surface area contributed by atoms with Crippen molar-refractivity contribution >= 4 is 22.8 Å². The zero-order valence-corrected chi connectivity index (χ0v) is 15.4. The number of H-pyrrole nitrogens is 1. The maximum absolute atomic E-state index is 4.82. The van der Waals surface area contributed by atoms with Gasteiger partial charge in [-0.15, -0.1) is 10.2 Å². The lowest BCUT2D eigenvalue weighted by Crippen LogP contribution is -2.24. The van der Waals surface area contributed by atoms with E-state index < -0.39 is 0 Å². The number of rotatable bonds is 5. The van der Waals surface area contributed by atoms with Crippen molar-refractivity contribution in [3.63, 3.8) is 0 Å². The number of fused-ring (bicyclic) bond motifs is 1. The molecule has 1 aliphatic rings. The normalized spacial score (nSPS) is 17.5. The lowest BCUT2D eigenvalue weighted by Gasteiger charge is -2.27. The molecule has 1 unspecified atom stereocenters. The Morgan fingerprint density at radius 1 is 1.44 bits per heavy atom. The number of aromatic amines is 1. The van der Waals surface area contributed by atoms with E-state index in [-0.39, 0.29) is 6.04 Å². The molecule has 1 atom stereocenters. The number of benzene rings is 1. The van der Waals surface area contributed by atoms with Crippen LogP contribution in [0.3, 0.4) is 0 Å². The molecule has 0 saturated carbocycles. The summed E-state index contributed by atoms with van der Waals surface area (Å²) < 4.78 is 1.93. The Bertz CT molecular complexity index is 911. The first-order chi connectivity index (χ1) is 12.1. The van der Waals surface area contributed by atoms with Crippen molar-refractivity contribution in [3.05, 3.63) is 48.2 Å². The second-order valence-electron chi connectivity index (χ2n) is 6.57. The minimum Gasteiger partial charge on any atom is -0.364 e. The fourth-order valence-electron chi connectivity index (χ4n) is 3.36. The van der Waals surface area contributed by atoms with Crippen molar-refractivity contribution in [3.8, 4) is 0 Å². The monoisotopic (exact) mass is 354 g/mol. The number of aromatic nitrogens is 5. The predicted octanol–water partition coefficient (Wildman–Crippen LogP) is 3.44. The van der Waals surface area contributed by atoms with Crippen LogP contribution in [0.5, 0.6) is 0 Å². The van der Waals surface area contributed by atoms with E-state index in [1.165, 1.54) is 5.56 Å². The van der Waals surface area contributed by atoms with Crippen LogP contribution in [0.4, 0.5) is 0 Å². The van der Waals surface area contributed by atoms with Gasteiger partial charge in [-0.2, -0.15) is 0 Å². The van der Waals surface area contributed by atoms with Crippen LogP contribution in [0, 0.1) is 6.92 Å². The molecule has 1 saturated heterocycles. The summed E-state index contributed by atoms with van der Waals surface area (Å²) in [5.74, 6) is 1.85. The predicted molar refractivity (Wildman–Crippen MR) is 100 cm³/mol. The van der Waals surface area contributed by atoms with Crippen molar-refractivity contribution in [2.75, 3.05) is 12.3 Å². The zero-order chi connectivity index (χ0) is 17.4. The summed E-state index contributed by atoms with van der Waals surface area (Å²) in [5, 5.41) is 8.96. The Kier molecular flexibility index (Phi) is 4.25. The molecule has 0 amide bonds. The average Bonchev–Trinajstić information content (AvgIpc) is 3.30. The highest BCUT2D eigenvalue weighted by Crippen LogP contribution is 2.35. The molecule has 1 aliphatic heterocycles. The second-order valence-corrected chi connectivity index (χ2v) is 7.52. The number of nitrogens with zero attached hydrogens (tertiary/aromatic N) is 5. The topological polar surface area (TPSA) is 62.6 Å². The highest BCUT2D eigenvalue weighted by Gasteiger charge is 2.29. The van der Waals surface area contributed by atoms with Crippen LogP contribution in [0.25, 0.3) is 11.0 Å². The number of hydrogen-bond donors (Lipinski definition) is 1. The molecule has 6 nitrogen and oxygen atoms in total. The SMILES string of the molecule is C=C(CSc1nncn1C)N1CCCC1c1nc2ccc(C)cc2[nH]1. The Hall–Kier alpha value is -2.28. The van der Waals surface area contributed by atoms with Gasteiger partial charge in [0.05, 0.1) is 17.1 Å². The third-order valence-electron chi connectivity index (χ3n) is 4.67. The summed E-state index contributed by atoms with van der Waals surface area (Å²) in [6.07, 6.45) is 3.99. The van der Waals surface area contributed by atoms with Gasteiger partial charge >= 0.3 is 0 Å². The summed E-state index contributed by atoms with van der Waals surface area (Å²) in [5.41, 5.74) is 4.51. The summed E-state index contributed by atoms with van der Waals surface area (Å²) in [6, 6.07) is 6.63. The van der Waals surface area contributed by atoms with Crippen LogP contribution in [0.1, 0.15) is 30.3 Å². The molecular formula is C18H22N6S. The van der Waals surface area contributed by atoms with E-state index in [0.29, 0.717) is 0 Å². The summed E-state index contributed by atoms with van der Waals surface area (Å²) >= 11 is 1.67. The highest BCUT2D eigenvalue weighted by atomic mass is 32.2. The van der Waals surface area contributed by atoms with E-state index in [9.17, 15) is 0 Å². The third kappa shape index (κ3) is 3.16. The smallest absolute Gasteiger partial charge is 0.191 e. The fourth-order valence-corrected chi connectivity index (χ4v) is 4.18. The number of likely N-dealkylation sites (tertiary alicyclic amines) is 1. The quantitative estimate of drug-likeness (QED) is 0.711. The molecule has 1 aromatic carbocycles. The van der Waals surface area contributed by atoms with Crippen LogP contribution in [0.2, 0.25) is 0 Å². The highest BCUT2D eigenvalue weighted by molar-refractivity contribution is 7.99. The molecular weight excluding hydrogens is 332 g/mol. The molecule has 1 fully saturated rings. The van der Waals surface area contributed by atoms with Crippen molar-refractivity contribution in [2.24, 2.45) is 7.05 Å². The molecule has 0 spiro atoms. The van der Waals surface area contributed by atoms with Gasteiger partial charge in [0.15, 0.2) is 5.16 Å². The molecule has 7 heteroatoms. The van der Waals surface area contributed by atoms with Crippen LogP contribution >= 0.6 is 11.8 Å². The standard InChI is InChI=1S/C18H22N6S/c1-12-6-7-14-15(9-12)21-17(20-14)16-5-4-8-24(16)13(2)10-25-18-22-19-11-23(18)3/h6-7,9,11,16H,2,4-5,8,10H2,1,3H3,(H,20,21). The number of hydrogen-bond acceptors (Lipinski definition) is 5. The average molecular weight is 354 g/mol. The minimum atomic E-state index is 0.278. The fraction of sp³-hybridized carbons (Fsp3) is 0.389. The summed E-state index contributed by atoms with van der Waals surface area (Å²) in [4.78, 5) is 10.7. The Balaban J connectivity index is 1.50. The van der Waals surface area contributed by atoms with E-state index in [4.69, 9.17) is 4.98 Å². The van der Waals surface area contributed by atoms with Gasteiger partial charge in [-0.05, 0) is 37.5 Å². The number of aryl methyl sites for hydroxylation is 2. The Morgan fingerprint density at radius 2 is 2.32 bits per heavy atom. The molecule has 4 rings (SSSR count). The van der Waals surface area contributed by atoms with Crippen LogP contribution in [0.15, 0.2) is 42.0 Å². The van der Waals surface area contributed by atoms with Crippen LogP contribution < -0.4 is 0 Å². The minimum absolute atomic E-state index is 0.278. The van der Waals surface area contributed by atoms with Crippen LogP contribution in [-0.2, 0) is 7.05 Å². The van der Waals surface area contributed by atoms with Gasteiger partial charge < -0.3 is 14.5 Å². The van der Waals surface area contributed by atoms with Crippen molar-refractivity contribution < 1.29 is 0 Å². The number of thioether (sulfide) groups is 1. The molecule has 1 N–H and O–H groups in total. The Morgan fingerprint density at radius 3 is 3.12 bits per heavy atom. The summed E-state index contributed by atoms with van der Waals surface area (Å²) in [7, 11) is 1.96. The lowest BCUT2D eigenvalue weighted by atomic mass is 10.2. The van der Waals surface area contributed by atoms with E-state index in [0.717, 1.165) is 52.9 Å².